The van der Waals surface area contributed by atoms with Crippen LogP contribution in [0.15, 0.2) is 77.7 Å². The Morgan fingerprint density at radius 2 is 1.74 bits per heavy atom. The highest BCUT2D eigenvalue weighted by molar-refractivity contribution is 7.89. The van der Waals surface area contributed by atoms with Gasteiger partial charge in [-0.3, -0.25) is 10.2 Å². The van der Waals surface area contributed by atoms with Crippen LogP contribution in [0, 0.1) is 5.41 Å². The maximum absolute atomic E-state index is 11.9. The summed E-state index contributed by atoms with van der Waals surface area (Å²) in [6, 6.07) is 20.5. The van der Waals surface area contributed by atoms with Gasteiger partial charge in [-0.1, -0.05) is 42.5 Å². The van der Waals surface area contributed by atoms with Crippen molar-refractivity contribution in [3.8, 4) is 16.9 Å². The van der Waals surface area contributed by atoms with Crippen LogP contribution in [-0.2, 0) is 19.6 Å². The molecule has 0 spiro atoms. The molecule has 0 fully saturated rings. The summed E-state index contributed by atoms with van der Waals surface area (Å²) in [7, 11) is -2.54. The molecule has 34 heavy (non-hydrogen) atoms. The first kappa shape index (κ1) is 24.7. The number of anilines is 1. The Bertz CT molecular complexity index is 1280. The number of hydrogen-bond acceptors (Lipinski definition) is 7. The first-order valence-corrected chi connectivity index (χ1v) is 11.8. The number of nitrogens with two attached hydrogens (primary N) is 2. The van der Waals surface area contributed by atoms with Crippen molar-refractivity contribution in [2.75, 3.05) is 31.7 Å². The molecule has 178 valence electrons. The number of rotatable bonds is 10. The lowest BCUT2D eigenvalue weighted by Crippen LogP contribution is -2.34. The lowest BCUT2D eigenvalue weighted by molar-refractivity contribution is -0.138. The zero-order valence-electron chi connectivity index (χ0n) is 18.6. The van der Waals surface area contributed by atoms with Gasteiger partial charge in [-0.25, -0.2) is 13.6 Å². The van der Waals surface area contributed by atoms with E-state index in [-0.39, 0.29) is 23.9 Å². The number of primary sulfonamides is 1. The lowest BCUT2D eigenvalue weighted by Gasteiger charge is -2.24. The van der Waals surface area contributed by atoms with Crippen LogP contribution in [-0.4, -0.2) is 47.0 Å². The van der Waals surface area contributed by atoms with E-state index in [1.54, 1.807) is 65.6 Å². The Hall–Kier alpha value is -3.89. The minimum atomic E-state index is -3.86. The maximum atomic E-state index is 11.9. The van der Waals surface area contributed by atoms with E-state index in [4.69, 9.17) is 25.8 Å². The zero-order valence-corrected chi connectivity index (χ0v) is 19.4. The lowest BCUT2D eigenvalue weighted by atomic mass is 10.1. The number of carbonyl (C=O) groups excluding carboxylic acids is 1. The molecule has 0 unspecified atom stereocenters. The van der Waals surface area contributed by atoms with Crippen LogP contribution in [0.5, 0.6) is 5.75 Å². The number of esters is 1. The molecule has 0 heterocycles. The van der Waals surface area contributed by atoms with Crippen LogP contribution >= 0.6 is 0 Å². The summed E-state index contributed by atoms with van der Waals surface area (Å²) in [6.45, 7) is 0.630. The number of nitrogens with one attached hydrogen (secondary N) is 1. The molecule has 9 nitrogen and oxygen atoms in total. The van der Waals surface area contributed by atoms with E-state index in [1.807, 2.05) is 6.07 Å². The SMILES string of the molecule is COC(=O)CN(CCOc1ccc(-c2ccccc2S(N)(=O)=O)cc1)c1cccc(C(=N)N)c1. The zero-order chi connectivity index (χ0) is 24.7. The standard InChI is InChI=1S/C24H26N4O5S/c1-32-23(29)16-28(19-6-4-5-18(15-19)24(25)26)13-14-33-20-11-9-17(10-12-20)21-7-2-3-8-22(21)34(27,30)31/h2-12,15H,13-14,16H2,1H3,(H3,25,26)(H2,27,30,31). The van der Waals surface area contributed by atoms with Crippen LogP contribution in [0.4, 0.5) is 5.69 Å². The normalized spacial score (nSPS) is 11.0. The summed E-state index contributed by atoms with van der Waals surface area (Å²) in [5.41, 5.74) is 8.02. The summed E-state index contributed by atoms with van der Waals surface area (Å²) in [5, 5.41) is 13.0. The molecule has 0 aliphatic carbocycles. The molecule has 0 aromatic heterocycles. The average Bonchev–Trinajstić information content (AvgIpc) is 2.83. The molecule has 10 heteroatoms. The molecule has 0 saturated carbocycles. The minimum absolute atomic E-state index is 0.00447. The highest BCUT2D eigenvalue weighted by Gasteiger charge is 2.15. The molecule has 0 saturated heterocycles. The second kappa shape index (κ2) is 10.8. The van der Waals surface area contributed by atoms with Crippen molar-refractivity contribution in [1.29, 1.82) is 5.41 Å². The third-order valence-corrected chi connectivity index (χ3v) is 6.03. The molecule has 0 amide bonds. The molecule has 0 atom stereocenters. The predicted molar refractivity (Wildman–Crippen MR) is 130 cm³/mol. The van der Waals surface area contributed by atoms with Gasteiger partial charge >= 0.3 is 5.97 Å². The molecule has 5 N–H and O–H groups in total. The fourth-order valence-electron chi connectivity index (χ4n) is 3.35. The first-order chi connectivity index (χ1) is 16.2. The number of methoxy groups -OCH3 is 1. The van der Waals surface area contributed by atoms with Gasteiger partial charge in [0.05, 0.1) is 18.6 Å². The first-order valence-electron chi connectivity index (χ1n) is 10.3. The fourth-order valence-corrected chi connectivity index (χ4v) is 4.11. The number of sulfonamides is 1. The predicted octanol–water partition coefficient (Wildman–Crippen LogP) is 2.34. The van der Waals surface area contributed by atoms with Gasteiger partial charge in [-0.15, -0.1) is 0 Å². The number of hydrogen-bond donors (Lipinski definition) is 3. The Labute approximate surface area is 198 Å². The Morgan fingerprint density at radius 3 is 2.38 bits per heavy atom. The summed E-state index contributed by atoms with van der Waals surface area (Å²) < 4.78 is 34.4. The van der Waals surface area contributed by atoms with Crippen molar-refractivity contribution < 1.29 is 22.7 Å². The highest BCUT2D eigenvalue weighted by Crippen LogP contribution is 2.28. The van der Waals surface area contributed by atoms with Gasteiger partial charge in [-0.05, 0) is 35.9 Å². The maximum Gasteiger partial charge on any atom is 0.325 e. The van der Waals surface area contributed by atoms with Crippen LogP contribution in [0.2, 0.25) is 0 Å². The Kier molecular flexibility index (Phi) is 7.87. The number of amidine groups is 1. The number of ether oxygens (including phenoxy) is 2. The molecule has 0 aliphatic rings. The van der Waals surface area contributed by atoms with Crippen LogP contribution in [0.1, 0.15) is 5.56 Å². The van der Waals surface area contributed by atoms with Crippen molar-refractivity contribution in [2.24, 2.45) is 10.9 Å². The van der Waals surface area contributed by atoms with Gasteiger partial charge in [0.15, 0.2) is 0 Å². The number of carbonyl (C=O) groups is 1. The van der Waals surface area contributed by atoms with Gasteiger partial charge in [-0.2, -0.15) is 0 Å². The molecule has 0 bridgehead atoms. The van der Waals surface area contributed by atoms with E-state index in [9.17, 15) is 13.2 Å². The third kappa shape index (κ3) is 6.33. The van der Waals surface area contributed by atoms with E-state index in [0.29, 0.717) is 34.7 Å². The summed E-state index contributed by atoms with van der Waals surface area (Å²) in [4.78, 5) is 13.7. The highest BCUT2D eigenvalue weighted by atomic mass is 32.2. The minimum Gasteiger partial charge on any atom is -0.492 e. The van der Waals surface area contributed by atoms with Crippen molar-refractivity contribution in [2.45, 2.75) is 4.90 Å². The van der Waals surface area contributed by atoms with Crippen molar-refractivity contribution in [1.82, 2.24) is 0 Å². The molecule has 3 aromatic carbocycles. The van der Waals surface area contributed by atoms with Crippen molar-refractivity contribution in [3.63, 3.8) is 0 Å². The number of nitrogens with zero attached hydrogens (tertiary/aromatic N) is 1. The quantitative estimate of drug-likeness (QED) is 0.228. The van der Waals surface area contributed by atoms with Gasteiger partial charge in [0, 0.05) is 16.8 Å². The van der Waals surface area contributed by atoms with Gasteiger partial charge < -0.3 is 20.1 Å². The monoisotopic (exact) mass is 482 g/mol. The van der Waals surface area contributed by atoms with Crippen molar-refractivity contribution in [3.05, 3.63) is 78.4 Å². The van der Waals surface area contributed by atoms with Crippen LogP contribution < -0.4 is 20.5 Å². The third-order valence-electron chi connectivity index (χ3n) is 5.06. The molecular weight excluding hydrogens is 456 g/mol. The summed E-state index contributed by atoms with van der Waals surface area (Å²) in [5.74, 6) is 0.0960. The topological polar surface area (TPSA) is 149 Å². The Morgan fingerprint density at radius 1 is 1.03 bits per heavy atom. The second-order valence-electron chi connectivity index (χ2n) is 7.38. The van der Waals surface area contributed by atoms with E-state index in [2.05, 4.69) is 0 Å². The van der Waals surface area contributed by atoms with E-state index < -0.39 is 16.0 Å². The molecule has 3 rings (SSSR count). The molecule has 0 radical (unpaired) electrons. The van der Waals surface area contributed by atoms with Crippen molar-refractivity contribution >= 4 is 27.5 Å². The van der Waals surface area contributed by atoms with E-state index in [0.717, 1.165) is 0 Å². The average molecular weight is 483 g/mol. The van der Waals surface area contributed by atoms with Gasteiger partial charge in [0.1, 0.15) is 24.7 Å². The smallest absolute Gasteiger partial charge is 0.325 e. The largest absolute Gasteiger partial charge is 0.492 e. The second-order valence-corrected chi connectivity index (χ2v) is 8.91. The van der Waals surface area contributed by atoms with Crippen LogP contribution in [0.3, 0.4) is 0 Å². The molecule has 3 aromatic rings. The van der Waals surface area contributed by atoms with Gasteiger partial charge in [0.2, 0.25) is 10.0 Å². The van der Waals surface area contributed by atoms with E-state index in [1.165, 1.54) is 13.2 Å². The summed E-state index contributed by atoms with van der Waals surface area (Å²) in [6.07, 6.45) is 0. The molecule has 0 aliphatic heterocycles. The summed E-state index contributed by atoms with van der Waals surface area (Å²) >= 11 is 0. The fraction of sp³-hybridized carbons (Fsp3) is 0.167. The Balaban J connectivity index is 1.71. The van der Waals surface area contributed by atoms with E-state index >= 15 is 0 Å². The molecular formula is C24H26N4O5S. The van der Waals surface area contributed by atoms with Crippen LogP contribution in [0.25, 0.3) is 11.1 Å². The number of benzene rings is 3. The van der Waals surface area contributed by atoms with Gasteiger partial charge in [0.25, 0.3) is 0 Å². The number of nitrogen functional groups attached to an aromatic ring is 1.